The molecule has 0 aliphatic heterocycles. The van der Waals surface area contributed by atoms with E-state index in [1.165, 1.54) is 16.8 Å². The molecule has 0 radical (unpaired) electrons. The first-order chi connectivity index (χ1) is 14.5. The van der Waals surface area contributed by atoms with E-state index >= 15 is 0 Å². The van der Waals surface area contributed by atoms with Gasteiger partial charge in [0.05, 0.1) is 17.9 Å². The Morgan fingerprint density at radius 2 is 1.93 bits per heavy atom. The van der Waals surface area contributed by atoms with E-state index in [4.69, 9.17) is 5.73 Å². The first-order valence-corrected chi connectivity index (χ1v) is 9.56. The summed E-state index contributed by atoms with van der Waals surface area (Å²) in [5.74, 6) is -0.232. The average molecular weight is 406 g/mol. The quantitative estimate of drug-likeness (QED) is 0.560. The molecule has 0 aliphatic carbocycles. The summed E-state index contributed by atoms with van der Waals surface area (Å²) in [6.07, 6.45) is 1.09. The number of amides is 1. The van der Waals surface area contributed by atoms with Crippen LogP contribution in [-0.2, 0) is 11.2 Å². The van der Waals surface area contributed by atoms with Crippen LogP contribution in [-0.4, -0.2) is 35.8 Å². The fourth-order valence-electron chi connectivity index (χ4n) is 3.08. The molecule has 2 aromatic carbocycles. The molecule has 0 unspecified atom stereocenters. The van der Waals surface area contributed by atoms with Gasteiger partial charge in [-0.1, -0.05) is 18.2 Å². The lowest BCUT2D eigenvalue weighted by Gasteiger charge is -2.18. The van der Waals surface area contributed by atoms with Gasteiger partial charge in [-0.3, -0.25) is 4.79 Å². The van der Waals surface area contributed by atoms with Crippen molar-refractivity contribution in [2.45, 2.75) is 12.8 Å². The molecule has 0 aliphatic rings. The van der Waals surface area contributed by atoms with Crippen molar-refractivity contribution in [1.29, 1.82) is 5.26 Å². The number of likely N-dealkylation sites (N-methyl/N-ethyl adjacent to an activating group) is 1. The second-order valence-corrected chi connectivity index (χ2v) is 6.85. The summed E-state index contributed by atoms with van der Waals surface area (Å²) in [7, 11) is 1.86. The number of halogens is 1. The zero-order chi connectivity index (χ0) is 21.5. The number of nitrogen functional groups attached to an aromatic ring is 1. The minimum Gasteiger partial charge on any atom is -0.382 e. The third kappa shape index (κ3) is 4.94. The summed E-state index contributed by atoms with van der Waals surface area (Å²) < 4.78 is 14.6. The third-order valence-electron chi connectivity index (χ3n) is 4.67. The molecule has 7 nitrogen and oxygen atoms in total. The highest BCUT2D eigenvalue weighted by molar-refractivity contribution is 5.81. The van der Waals surface area contributed by atoms with Crippen LogP contribution in [0.4, 0.5) is 15.9 Å². The third-order valence-corrected chi connectivity index (χ3v) is 4.67. The smallest absolute Gasteiger partial charge is 0.239 e. The maximum Gasteiger partial charge on any atom is 0.239 e. The van der Waals surface area contributed by atoms with Crippen LogP contribution in [0.25, 0.3) is 5.69 Å². The van der Waals surface area contributed by atoms with E-state index in [2.05, 4.69) is 16.5 Å². The number of anilines is 2. The first kappa shape index (κ1) is 20.9. The Kier molecular flexibility index (Phi) is 6.65. The molecule has 1 heterocycles. The highest BCUT2D eigenvalue weighted by atomic mass is 19.1. The number of nitrogens with zero attached hydrogens (tertiary/aromatic N) is 4. The van der Waals surface area contributed by atoms with E-state index in [0.29, 0.717) is 36.3 Å². The Balaban J connectivity index is 1.54. The van der Waals surface area contributed by atoms with Crippen molar-refractivity contribution >= 4 is 17.4 Å². The summed E-state index contributed by atoms with van der Waals surface area (Å²) in [5, 5.41) is 16.7. The molecule has 3 rings (SSSR count). The number of aryl methyl sites for hydroxylation is 1. The van der Waals surface area contributed by atoms with Gasteiger partial charge in [-0.15, -0.1) is 0 Å². The number of nitriles is 1. The second kappa shape index (κ2) is 9.56. The number of nitrogens with two attached hydrogens (primary N) is 1. The van der Waals surface area contributed by atoms with Crippen molar-refractivity contribution in [3.05, 3.63) is 71.7 Å². The van der Waals surface area contributed by atoms with Gasteiger partial charge in [0, 0.05) is 19.3 Å². The molecule has 3 aromatic rings. The molecule has 30 heavy (non-hydrogen) atoms. The minimum absolute atomic E-state index is 0.0850. The van der Waals surface area contributed by atoms with Gasteiger partial charge in [-0.25, -0.2) is 9.07 Å². The molecule has 0 fully saturated rings. The fraction of sp³-hybridized carbons (Fsp3) is 0.227. The summed E-state index contributed by atoms with van der Waals surface area (Å²) in [6, 6.07) is 17.5. The Bertz CT molecular complexity index is 1040. The van der Waals surface area contributed by atoms with Crippen LogP contribution in [0.15, 0.2) is 54.6 Å². The standard InChI is InChI=1S/C22H23FN6O/c1-28(17-6-3-2-4-7-17)15-21(30)26-13-5-8-20-19(14-24)22(25)29(27-20)18-11-9-16(23)10-12-18/h2-4,6-7,9-12H,5,8,13,15,25H2,1H3,(H,26,30). The molecule has 0 saturated heterocycles. The molecule has 0 atom stereocenters. The van der Waals surface area contributed by atoms with Gasteiger partial charge in [-0.05, 0) is 49.2 Å². The van der Waals surface area contributed by atoms with E-state index in [1.807, 2.05) is 42.3 Å². The minimum atomic E-state index is -0.362. The van der Waals surface area contributed by atoms with Crippen molar-refractivity contribution < 1.29 is 9.18 Å². The van der Waals surface area contributed by atoms with Crippen LogP contribution in [0.5, 0.6) is 0 Å². The van der Waals surface area contributed by atoms with E-state index in [0.717, 1.165) is 5.69 Å². The van der Waals surface area contributed by atoms with Crippen LogP contribution in [0.2, 0.25) is 0 Å². The summed E-state index contributed by atoms with van der Waals surface area (Å²) in [5.41, 5.74) is 8.45. The van der Waals surface area contributed by atoms with E-state index in [9.17, 15) is 14.4 Å². The molecule has 1 aromatic heterocycles. The number of rotatable bonds is 8. The second-order valence-electron chi connectivity index (χ2n) is 6.85. The number of nitrogens with one attached hydrogen (secondary N) is 1. The van der Waals surface area contributed by atoms with Gasteiger partial charge in [0.2, 0.25) is 5.91 Å². The van der Waals surface area contributed by atoms with Gasteiger partial charge in [0.25, 0.3) is 0 Å². The number of aromatic nitrogens is 2. The number of hydrogen-bond acceptors (Lipinski definition) is 5. The Hall–Kier alpha value is -3.86. The largest absolute Gasteiger partial charge is 0.382 e. The van der Waals surface area contributed by atoms with Gasteiger partial charge < -0.3 is 16.0 Å². The van der Waals surface area contributed by atoms with Gasteiger partial charge >= 0.3 is 0 Å². The predicted octanol–water partition coefficient (Wildman–Crippen LogP) is 2.65. The lowest BCUT2D eigenvalue weighted by Crippen LogP contribution is -2.35. The molecule has 0 saturated carbocycles. The summed E-state index contributed by atoms with van der Waals surface area (Å²) in [6.45, 7) is 0.704. The molecular formula is C22H23FN6O. The molecule has 8 heteroatoms. The lowest BCUT2D eigenvalue weighted by molar-refractivity contribution is -0.119. The van der Waals surface area contributed by atoms with E-state index in [-0.39, 0.29) is 24.1 Å². The van der Waals surface area contributed by atoms with Crippen molar-refractivity contribution in [1.82, 2.24) is 15.1 Å². The fourth-order valence-corrected chi connectivity index (χ4v) is 3.08. The first-order valence-electron chi connectivity index (χ1n) is 9.56. The zero-order valence-corrected chi connectivity index (χ0v) is 16.7. The molecule has 154 valence electrons. The van der Waals surface area contributed by atoms with Crippen LogP contribution in [0, 0.1) is 17.1 Å². The number of carbonyl (C=O) groups excluding carboxylic acids is 1. The SMILES string of the molecule is CN(CC(=O)NCCCc1nn(-c2ccc(F)cc2)c(N)c1C#N)c1ccccc1. The highest BCUT2D eigenvalue weighted by Gasteiger charge is 2.16. The Labute approximate surface area is 174 Å². The molecule has 0 spiro atoms. The monoisotopic (exact) mass is 406 g/mol. The predicted molar refractivity (Wildman–Crippen MR) is 114 cm³/mol. The van der Waals surface area contributed by atoms with E-state index < -0.39 is 0 Å². The molecule has 1 amide bonds. The summed E-state index contributed by atoms with van der Waals surface area (Å²) >= 11 is 0. The van der Waals surface area contributed by atoms with Gasteiger partial charge in [-0.2, -0.15) is 10.4 Å². The maximum absolute atomic E-state index is 13.1. The van der Waals surface area contributed by atoms with Crippen LogP contribution in [0.3, 0.4) is 0 Å². The number of hydrogen-bond donors (Lipinski definition) is 2. The van der Waals surface area contributed by atoms with Gasteiger partial charge in [0.15, 0.2) is 0 Å². The Morgan fingerprint density at radius 1 is 1.23 bits per heavy atom. The number of benzene rings is 2. The summed E-state index contributed by atoms with van der Waals surface area (Å²) in [4.78, 5) is 14.0. The van der Waals surface area contributed by atoms with Crippen molar-refractivity contribution in [3.8, 4) is 11.8 Å². The van der Waals surface area contributed by atoms with Crippen molar-refractivity contribution in [2.24, 2.45) is 0 Å². The van der Waals surface area contributed by atoms with Gasteiger partial charge in [0.1, 0.15) is 23.3 Å². The van der Waals surface area contributed by atoms with Crippen LogP contribution < -0.4 is 16.0 Å². The maximum atomic E-state index is 13.1. The topological polar surface area (TPSA) is 100.0 Å². The van der Waals surface area contributed by atoms with Crippen LogP contribution in [0.1, 0.15) is 17.7 Å². The molecular weight excluding hydrogens is 383 g/mol. The lowest BCUT2D eigenvalue weighted by atomic mass is 10.1. The zero-order valence-electron chi connectivity index (χ0n) is 16.7. The van der Waals surface area contributed by atoms with Crippen LogP contribution >= 0.6 is 0 Å². The van der Waals surface area contributed by atoms with Crippen molar-refractivity contribution in [3.63, 3.8) is 0 Å². The molecule has 0 bridgehead atoms. The molecule has 3 N–H and O–H groups in total. The highest BCUT2D eigenvalue weighted by Crippen LogP contribution is 2.21. The number of carbonyl (C=O) groups is 1. The van der Waals surface area contributed by atoms with E-state index in [1.54, 1.807) is 12.1 Å². The number of para-hydroxylation sites is 1. The average Bonchev–Trinajstić information content (AvgIpc) is 3.07. The van der Waals surface area contributed by atoms with Crippen molar-refractivity contribution in [2.75, 3.05) is 30.8 Å². The Morgan fingerprint density at radius 3 is 2.60 bits per heavy atom. The normalized spacial score (nSPS) is 10.4.